The van der Waals surface area contributed by atoms with E-state index in [1.54, 1.807) is 0 Å². The number of carbonyl (C=O) groups is 1. The predicted octanol–water partition coefficient (Wildman–Crippen LogP) is 2.89. The van der Waals surface area contributed by atoms with E-state index in [1.807, 2.05) is 19.4 Å². The summed E-state index contributed by atoms with van der Waals surface area (Å²) >= 11 is 0. The second-order valence-corrected chi connectivity index (χ2v) is 9.67. The van der Waals surface area contributed by atoms with Gasteiger partial charge in [0, 0.05) is 45.6 Å². The van der Waals surface area contributed by atoms with Crippen LogP contribution in [-0.2, 0) is 24.9 Å². The van der Waals surface area contributed by atoms with Crippen molar-refractivity contribution in [2.45, 2.75) is 46.2 Å². The number of nitrogens with zero attached hydrogens (tertiary/aromatic N) is 4. The van der Waals surface area contributed by atoms with Crippen LogP contribution in [0.5, 0.6) is 0 Å². The van der Waals surface area contributed by atoms with Crippen LogP contribution in [-0.4, -0.2) is 58.0 Å². The molecular weight excluding hydrogens is 386 g/mol. The van der Waals surface area contributed by atoms with Gasteiger partial charge >= 0.3 is 0 Å². The molecule has 4 rings (SSSR count). The Balaban J connectivity index is 1.40. The molecule has 31 heavy (non-hydrogen) atoms. The summed E-state index contributed by atoms with van der Waals surface area (Å²) in [5, 5.41) is 3.23. The normalized spacial score (nSPS) is 22.7. The number of hydrogen-bond acceptors (Lipinski definition) is 4. The Labute approximate surface area is 186 Å². The maximum atomic E-state index is 13.2. The molecule has 3 heterocycles. The van der Waals surface area contributed by atoms with E-state index in [4.69, 9.17) is 0 Å². The summed E-state index contributed by atoms with van der Waals surface area (Å²) in [7, 11) is 2.04. The minimum Gasteiger partial charge on any atom is -0.352 e. The molecule has 0 radical (unpaired) electrons. The van der Waals surface area contributed by atoms with Crippen LogP contribution in [0.4, 0.5) is 0 Å². The minimum atomic E-state index is 0.0347. The van der Waals surface area contributed by atoms with Gasteiger partial charge in [0.2, 0.25) is 5.91 Å². The van der Waals surface area contributed by atoms with E-state index in [-0.39, 0.29) is 11.8 Å². The van der Waals surface area contributed by atoms with Crippen molar-refractivity contribution in [1.29, 1.82) is 0 Å². The summed E-state index contributed by atoms with van der Waals surface area (Å²) in [6.07, 6.45) is 7.45. The summed E-state index contributed by atoms with van der Waals surface area (Å²) in [5.41, 5.74) is 3.67. The number of piperidine rings is 1. The first-order valence-corrected chi connectivity index (χ1v) is 11.7. The zero-order valence-corrected chi connectivity index (χ0v) is 19.3. The van der Waals surface area contributed by atoms with E-state index in [0.29, 0.717) is 12.5 Å². The van der Waals surface area contributed by atoms with Gasteiger partial charge in [-0.25, -0.2) is 4.98 Å². The van der Waals surface area contributed by atoms with Crippen LogP contribution in [0.3, 0.4) is 0 Å². The molecule has 6 heteroatoms. The predicted molar refractivity (Wildman–Crippen MR) is 124 cm³/mol. The van der Waals surface area contributed by atoms with Crippen LogP contribution in [0.15, 0.2) is 30.6 Å². The number of nitrogens with one attached hydrogen (secondary N) is 1. The standard InChI is InChI=1S/C25H37N5O/c1-19-10-20(2)12-21(11-19)14-27-25(31)23-13-22(15-29-7-4-5-8-29)16-30(17-23)18-24-26-6-9-28(24)3/h6,9-12,22-23H,4-5,7-8,13-18H2,1-3H3,(H,27,31)/t22-,23-/m1/s1. The van der Waals surface area contributed by atoms with Crippen molar-refractivity contribution in [1.82, 2.24) is 24.7 Å². The van der Waals surface area contributed by atoms with Gasteiger partial charge in [0.25, 0.3) is 0 Å². The molecule has 1 amide bonds. The highest BCUT2D eigenvalue weighted by Gasteiger charge is 2.33. The third-order valence-electron chi connectivity index (χ3n) is 6.73. The molecule has 2 saturated heterocycles. The minimum absolute atomic E-state index is 0.0347. The number of imidazole rings is 1. The van der Waals surface area contributed by atoms with Gasteiger partial charge in [-0.05, 0) is 57.7 Å². The average molecular weight is 424 g/mol. The molecule has 0 unspecified atom stereocenters. The highest BCUT2D eigenvalue weighted by atomic mass is 16.1. The van der Waals surface area contributed by atoms with Crippen molar-refractivity contribution in [3.8, 4) is 0 Å². The Morgan fingerprint density at radius 2 is 1.84 bits per heavy atom. The maximum Gasteiger partial charge on any atom is 0.224 e. The molecule has 0 spiro atoms. The Morgan fingerprint density at radius 3 is 2.52 bits per heavy atom. The van der Waals surface area contributed by atoms with E-state index >= 15 is 0 Å². The van der Waals surface area contributed by atoms with Gasteiger partial charge in [0.05, 0.1) is 12.5 Å². The fraction of sp³-hybridized carbons (Fsp3) is 0.600. The van der Waals surface area contributed by atoms with Crippen molar-refractivity contribution in [3.63, 3.8) is 0 Å². The molecule has 2 aliphatic heterocycles. The van der Waals surface area contributed by atoms with Gasteiger partial charge in [-0.15, -0.1) is 0 Å². The zero-order valence-electron chi connectivity index (χ0n) is 19.3. The lowest BCUT2D eigenvalue weighted by Gasteiger charge is -2.38. The van der Waals surface area contributed by atoms with E-state index in [1.165, 1.54) is 42.6 Å². The van der Waals surface area contributed by atoms with Crippen molar-refractivity contribution in [2.75, 3.05) is 32.7 Å². The van der Waals surface area contributed by atoms with Gasteiger partial charge in [-0.1, -0.05) is 29.3 Å². The van der Waals surface area contributed by atoms with Crippen molar-refractivity contribution < 1.29 is 4.79 Å². The van der Waals surface area contributed by atoms with Crippen molar-refractivity contribution in [3.05, 3.63) is 53.1 Å². The van der Waals surface area contributed by atoms with Crippen molar-refractivity contribution >= 4 is 5.91 Å². The molecule has 1 N–H and O–H groups in total. The van der Waals surface area contributed by atoms with Gasteiger partial charge in [-0.2, -0.15) is 0 Å². The second-order valence-electron chi connectivity index (χ2n) is 9.67. The molecule has 2 aromatic rings. The molecule has 6 nitrogen and oxygen atoms in total. The number of amides is 1. The van der Waals surface area contributed by atoms with Gasteiger partial charge in [0.15, 0.2) is 0 Å². The number of benzene rings is 1. The lowest BCUT2D eigenvalue weighted by molar-refractivity contribution is -0.128. The lowest BCUT2D eigenvalue weighted by Crippen LogP contribution is -2.48. The molecule has 0 aliphatic carbocycles. The fourth-order valence-electron chi connectivity index (χ4n) is 5.34. The number of rotatable bonds is 7. The molecule has 0 saturated carbocycles. The van der Waals surface area contributed by atoms with Gasteiger partial charge in [0.1, 0.15) is 5.82 Å². The van der Waals surface area contributed by atoms with Gasteiger partial charge in [-0.3, -0.25) is 9.69 Å². The summed E-state index contributed by atoms with van der Waals surface area (Å²) in [5.74, 6) is 1.82. The van der Waals surface area contributed by atoms with Crippen LogP contribution >= 0.6 is 0 Å². The zero-order chi connectivity index (χ0) is 21.8. The van der Waals surface area contributed by atoms with Crippen LogP contribution in [0, 0.1) is 25.7 Å². The molecule has 1 aromatic carbocycles. The number of carbonyl (C=O) groups excluding carboxylic acids is 1. The van der Waals surface area contributed by atoms with E-state index in [2.05, 4.69) is 56.7 Å². The van der Waals surface area contributed by atoms with Crippen LogP contribution in [0.1, 0.15) is 41.8 Å². The first kappa shape index (κ1) is 22.0. The number of likely N-dealkylation sites (tertiary alicyclic amines) is 2. The maximum absolute atomic E-state index is 13.2. The molecule has 1 aromatic heterocycles. The smallest absolute Gasteiger partial charge is 0.224 e. The third-order valence-corrected chi connectivity index (χ3v) is 6.73. The molecule has 2 fully saturated rings. The van der Waals surface area contributed by atoms with Crippen LogP contribution < -0.4 is 5.32 Å². The van der Waals surface area contributed by atoms with Crippen LogP contribution in [0.25, 0.3) is 0 Å². The highest BCUT2D eigenvalue weighted by molar-refractivity contribution is 5.79. The highest BCUT2D eigenvalue weighted by Crippen LogP contribution is 2.26. The Morgan fingerprint density at radius 1 is 1.10 bits per heavy atom. The topological polar surface area (TPSA) is 53.4 Å². The van der Waals surface area contributed by atoms with Gasteiger partial charge < -0.3 is 14.8 Å². The number of hydrogen-bond donors (Lipinski definition) is 1. The molecular formula is C25H37N5O. The fourth-order valence-corrected chi connectivity index (χ4v) is 5.34. The second kappa shape index (κ2) is 9.96. The molecule has 2 aliphatic rings. The average Bonchev–Trinajstić information content (AvgIpc) is 3.37. The Hall–Kier alpha value is -2.18. The monoisotopic (exact) mass is 423 g/mol. The molecule has 2 atom stereocenters. The van der Waals surface area contributed by atoms with E-state index in [9.17, 15) is 4.79 Å². The van der Waals surface area contributed by atoms with E-state index in [0.717, 1.165) is 38.4 Å². The first-order valence-electron chi connectivity index (χ1n) is 11.7. The molecule has 0 bridgehead atoms. The van der Waals surface area contributed by atoms with Crippen LogP contribution in [0.2, 0.25) is 0 Å². The summed E-state index contributed by atoms with van der Waals surface area (Å²) in [6, 6.07) is 6.50. The third kappa shape index (κ3) is 5.95. The largest absolute Gasteiger partial charge is 0.352 e. The van der Waals surface area contributed by atoms with E-state index < -0.39 is 0 Å². The number of aryl methyl sites for hydroxylation is 3. The lowest BCUT2D eigenvalue weighted by atomic mass is 9.88. The SMILES string of the molecule is Cc1cc(C)cc(CNC(=O)[C@@H]2C[C@H](CN3CCCC3)CN(Cc3nccn3C)C2)c1. The molecule has 168 valence electrons. The first-order chi connectivity index (χ1) is 15.0. The summed E-state index contributed by atoms with van der Waals surface area (Å²) in [4.78, 5) is 22.7. The Kier molecular flexibility index (Phi) is 7.08. The quantitative estimate of drug-likeness (QED) is 0.744. The summed E-state index contributed by atoms with van der Waals surface area (Å²) < 4.78 is 2.08. The number of aromatic nitrogens is 2. The van der Waals surface area contributed by atoms with Crippen molar-refractivity contribution in [2.24, 2.45) is 18.9 Å². The Bertz CT molecular complexity index is 866. The summed E-state index contributed by atoms with van der Waals surface area (Å²) in [6.45, 7) is 11.0.